The zero-order chi connectivity index (χ0) is 15.2. The summed E-state index contributed by atoms with van der Waals surface area (Å²) in [7, 11) is 4.35. The molecule has 1 aliphatic rings. The molecule has 0 radical (unpaired) electrons. The van der Waals surface area contributed by atoms with Crippen LogP contribution in [0.3, 0.4) is 0 Å². The molecule has 112 valence electrons. The zero-order valence-corrected chi connectivity index (χ0v) is 12.7. The van der Waals surface area contributed by atoms with E-state index >= 15 is 0 Å². The number of hydrogen-bond donors (Lipinski definition) is 2. The molecule has 0 saturated carbocycles. The van der Waals surface area contributed by atoms with E-state index in [0.29, 0.717) is 5.54 Å². The van der Waals surface area contributed by atoms with Gasteiger partial charge in [-0.1, -0.05) is 12.1 Å². The molecular weight excluding hydrogens is 252 g/mol. The lowest BCUT2D eigenvalue weighted by atomic mass is 9.88. The van der Waals surface area contributed by atoms with Gasteiger partial charge >= 0.3 is 0 Å². The molecule has 1 heterocycles. The third-order valence-corrected chi connectivity index (χ3v) is 4.20. The molecular formula is C15H26N4O. The van der Waals surface area contributed by atoms with Crippen molar-refractivity contribution in [2.75, 3.05) is 37.8 Å². The fourth-order valence-electron chi connectivity index (χ4n) is 2.45. The number of carbonyl (C=O) groups excluding carboxylic acids is 1. The van der Waals surface area contributed by atoms with Crippen molar-refractivity contribution in [1.29, 1.82) is 0 Å². The van der Waals surface area contributed by atoms with Crippen LogP contribution in [0.4, 0.5) is 11.4 Å². The van der Waals surface area contributed by atoms with Gasteiger partial charge in [-0.15, -0.1) is 0 Å². The van der Waals surface area contributed by atoms with Crippen molar-refractivity contribution in [3.8, 4) is 0 Å². The average Bonchev–Trinajstić information content (AvgIpc) is 2.41. The molecule has 2 rings (SSSR count). The monoisotopic (exact) mass is 278 g/mol. The Morgan fingerprint density at radius 3 is 2.20 bits per heavy atom. The minimum absolute atomic E-state index is 0.250. The molecule has 1 aromatic carbocycles. The van der Waals surface area contributed by atoms with Crippen LogP contribution in [-0.4, -0.2) is 44.0 Å². The number of amides is 1. The van der Waals surface area contributed by atoms with Crippen LogP contribution < -0.4 is 16.4 Å². The van der Waals surface area contributed by atoms with Crippen molar-refractivity contribution in [1.82, 2.24) is 4.90 Å². The standard InChI is InChI=1S/C14H23N3.CH3NO/c1-14(16(2)3)8-10-17(11-9-14)13-7-5-4-6-12(13)15;2-1-3/h4-7H,8-11,15H2,1-3H3;1H,(H2,2,3). The lowest BCUT2D eigenvalue weighted by Gasteiger charge is -2.44. The molecule has 0 spiro atoms. The maximum Gasteiger partial charge on any atom is 0.204 e. The summed E-state index contributed by atoms with van der Waals surface area (Å²) in [4.78, 5) is 13.3. The SMILES string of the molecule is CN(C)C1(C)CCN(c2ccccc2N)CC1.NC=O. The molecule has 1 aromatic rings. The van der Waals surface area contributed by atoms with Gasteiger partial charge in [0.25, 0.3) is 0 Å². The fraction of sp³-hybridized carbons (Fsp3) is 0.533. The van der Waals surface area contributed by atoms with Crippen molar-refractivity contribution in [2.24, 2.45) is 5.73 Å². The number of nitrogens with zero attached hydrogens (tertiary/aromatic N) is 2. The van der Waals surface area contributed by atoms with Gasteiger partial charge in [0, 0.05) is 18.6 Å². The van der Waals surface area contributed by atoms with Gasteiger partial charge in [0.2, 0.25) is 6.41 Å². The fourth-order valence-corrected chi connectivity index (χ4v) is 2.45. The molecule has 0 aromatic heterocycles. The largest absolute Gasteiger partial charge is 0.397 e. The molecule has 1 aliphatic heterocycles. The molecule has 5 heteroatoms. The van der Waals surface area contributed by atoms with Crippen LogP contribution in [0.2, 0.25) is 0 Å². The van der Waals surface area contributed by atoms with Gasteiger partial charge in [0.1, 0.15) is 0 Å². The minimum atomic E-state index is 0.250. The number of rotatable bonds is 2. The second-order valence-corrected chi connectivity index (χ2v) is 5.57. The quantitative estimate of drug-likeness (QED) is 0.631. The van der Waals surface area contributed by atoms with Crippen LogP contribution in [0, 0.1) is 0 Å². The Bertz CT molecular complexity index is 426. The highest BCUT2D eigenvalue weighted by molar-refractivity contribution is 5.67. The number of nitrogens with two attached hydrogens (primary N) is 2. The van der Waals surface area contributed by atoms with E-state index in [-0.39, 0.29) is 6.41 Å². The number of benzene rings is 1. The highest BCUT2D eigenvalue weighted by atomic mass is 16.1. The highest BCUT2D eigenvalue weighted by Crippen LogP contribution is 2.31. The Hall–Kier alpha value is -1.75. The number of hydrogen-bond acceptors (Lipinski definition) is 4. The summed E-state index contributed by atoms with van der Waals surface area (Å²) in [6, 6.07) is 8.15. The van der Waals surface area contributed by atoms with E-state index in [0.717, 1.165) is 18.8 Å². The molecule has 0 atom stereocenters. The number of nitrogen functional groups attached to an aromatic ring is 1. The van der Waals surface area contributed by atoms with E-state index < -0.39 is 0 Å². The second kappa shape index (κ2) is 7.14. The molecule has 20 heavy (non-hydrogen) atoms. The molecule has 1 saturated heterocycles. The summed E-state index contributed by atoms with van der Waals surface area (Å²) in [5, 5.41) is 0. The Balaban J connectivity index is 0.000000612. The van der Waals surface area contributed by atoms with E-state index in [1.165, 1.54) is 18.5 Å². The molecule has 0 bridgehead atoms. The van der Waals surface area contributed by atoms with Crippen LogP contribution >= 0.6 is 0 Å². The summed E-state index contributed by atoms with van der Waals surface area (Å²) in [5.41, 5.74) is 12.6. The van der Waals surface area contributed by atoms with Crippen LogP contribution in [-0.2, 0) is 4.79 Å². The van der Waals surface area contributed by atoms with Gasteiger partial charge in [0.05, 0.1) is 11.4 Å². The Labute approximate surface area is 121 Å². The Kier molecular flexibility index (Phi) is 5.82. The van der Waals surface area contributed by atoms with Crippen molar-refractivity contribution >= 4 is 17.8 Å². The van der Waals surface area contributed by atoms with E-state index in [1.807, 2.05) is 12.1 Å². The Morgan fingerprint density at radius 1 is 1.25 bits per heavy atom. The van der Waals surface area contributed by atoms with E-state index in [9.17, 15) is 0 Å². The molecule has 0 unspecified atom stereocenters. The van der Waals surface area contributed by atoms with E-state index in [2.05, 4.69) is 48.7 Å². The summed E-state index contributed by atoms with van der Waals surface area (Å²) in [6.07, 6.45) is 2.63. The summed E-state index contributed by atoms with van der Waals surface area (Å²) in [5.74, 6) is 0. The van der Waals surface area contributed by atoms with Gasteiger partial charge in [-0.25, -0.2) is 0 Å². The number of primary amides is 1. The topological polar surface area (TPSA) is 75.6 Å². The highest BCUT2D eigenvalue weighted by Gasteiger charge is 2.32. The lowest BCUT2D eigenvalue weighted by molar-refractivity contribution is -0.106. The number of anilines is 2. The summed E-state index contributed by atoms with van der Waals surface area (Å²) < 4.78 is 0. The van der Waals surface area contributed by atoms with Gasteiger partial charge in [-0.2, -0.15) is 0 Å². The zero-order valence-electron chi connectivity index (χ0n) is 12.7. The van der Waals surface area contributed by atoms with E-state index in [4.69, 9.17) is 10.5 Å². The number of carbonyl (C=O) groups is 1. The number of para-hydroxylation sites is 2. The summed E-state index contributed by atoms with van der Waals surface area (Å²) >= 11 is 0. The predicted molar refractivity (Wildman–Crippen MR) is 84.6 cm³/mol. The van der Waals surface area contributed by atoms with Gasteiger partial charge in [0.15, 0.2) is 0 Å². The number of piperidine rings is 1. The van der Waals surface area contributed by atoms with Gasteiger partial charge in [-0.05, 0) is 46.0 Å². The smallest absolute Gasteiger partial charge is 0.204 e. The molecule has 5 nitrogen and oxygen atoms in total. The van der Waals surface area contributed by atoms with Crippen LogP contribution in [0.15, 0.2) is 24.3 Å². The van der Waals surface area contributed by atoms with Crippen molar-refractivity contribution in [3.63, 3.8) is 0 Å². The lowest BCUT2D eigenvalue weighted by Crippen LogP contribution is -2.50. The van der Waals surface area contributed by atoms with Crippen molar-refractivity contribution < 1.29 is 4.79 Å². The summed E-state index contributed by atoms with van der Waals surface area (Å²) in [6.45, 7) is 4.52. The third kappa shape index (κ3) is 3.87. The molecule has 4 N–H and O–H groups in total. The van der Waals surface area contributed by atoms with Gasteiger partial charge in [-0.3, -0.25) is 4.79 Å². The van der Waals surface area contributed by atoms with Crippen LogP contribution in [0.5, 0.6) is 0 Å². The van der Waals surface area contributed by atoms with Crippen molar-refractivity contribution in [2.45, 2.75) is 25.3 Å². The third-order valence-electron chi connectivity index (χ3n) is 4.20. The maximum atomic E-state index is 8.58. The normalized spacial score (nSPS) is 17.3. The van der Waals surface area contributed by atoms with Crippen LogP contribution in [0.25, 0.3) is 0 Å². The molecule has 1 fully saturated rings. The first-order chi connectivity index (χ1) is 9.44. The first-order valence-corrected chi connectivity index (χ1v) is 6.87. The molecule has 1 amide bonds. The maximum absolute atomic E-state index is 8.58. The van der Waals surface area contributed by atoms with E-state index in [1.54, 1.807) is 0 Å². The first-order valence-electron chi connectivity index (χ1n) is 6.87. The predicted octanol–water partition coefficient (Wildman–Crippen LogP) is 1.29. The average molecular weight is 278 g/mol. The first kappa shape index (κ1) is 16.3. The van der Waals surface area contributed by atoms with Crippen molar-refractivity contribution in [3.05, 3.63) is 24.3 Å². The van der Waals surface area contributed by atoms with Crippen LogP contribution in [0.1, 0.15) is 19.8 Å². The van der Waals surface area contributed by atoms with Gasteiger partial charge < -0.3 is 21.3 Å². The second-order valence-electron chi connectivity index (χ2n) is 5.57. The Morgan fingerprint density at radius 2 is 1.75 bits per heavy atom. The molecule has 0 aliphatic carbocycles. The minimum Gasteiger partial charge on any atom is -0.397 e.